The van der Waals surface area contributed by atoms with Gasteiger partial charge in [-0.15, -0.1) is 0 Å². The Bertz CT molecular complexity index is 829. The smallest absolute Gasteiger partial charge is 0.182 e. The van der Waals surface area contributed by atoms with Gasteiger partial charge in [0.2, 0.25) is 0 Å². The summed E-state index contributed by atoms with van der Waals surface area (Å²) in [6, 6.07) is 19.6. The van der Waals surface area contributed by atoms with Gasteiger partial charge in [-0.3, -0.25) is 0 Å². The van der Waals surface area contributed by atoms with Gasteiger partial charge in [-0.05, 0) is 24.6 Å². The summed E-state index contributed by atoms with van der Waals surface area (Å²) >= 11 is 6.38. The zero-order valence-electron chi connectivity index (χ0n) is 11.4. The van der Waals surface area contributed by atoms with Crippen molar-refractivity contribution in [3.63, 3.8) is 0 Å². The fraction of sp³-hybridized carbons (Fsp3) is 0.0588. The highest BCUT2D eigenvalue weighted by Gasteiger charge is 2.19. The summed E-state index contributed by atoms with van der Waals surface area (Å²) in [5, 5.41) is 13.9. The van der Waals surface area contributed by atoms with Gasteiger partial charge in [0.1, 0.15) is 11.1 Å². The van der Waals surface area contributed by atoms with Crippen LogP contribution in [0.2, 0.25) is 5.02 Å². The predicted octanol–water partition coefficient (Wildman–Crippen LogP) is 4.37. The van der Waals surface area contributed by atoms with Crippen LogP contribution in [0.25, 0.3) is 16.9 Å². The number of nitriles is 1. The minimum atomic E-state index is 0.235. The Balaban J connectivity index is 2.32. The number of aryl methyl sites for hydroxylation is 1. The molecule has 0 fully saturated rings. The normalized spacial score (nSPS) is 10.3. The van der Waals surface area contributed by atoms with Crippen molar-refractivity contribution >= 4 is 11.6 Å². The first-order valence-electron chi connectivity index (χ1n) is 6.52. The molecule has 0 aliphatic rings. The molecule has 3 aromatic rings. The van der Waals surface area contributed by atoms with E-state index in [0.29, 0.717) is 5.02 Å². The van der Waals surface area contributed by atoms with Crippen LogP contribution in [0.1, 0.15) is 11.3 Å². The number of hydrogen-bond donors (Lipinski definition) is 0. The fourth-order valence-electron chi connectivity index (χ4n) is 2.30. The van der Waals surface area contributed by atoms with Gasteiger partial charge in [0.15, 0.2) is 5.69 Å². The van der Waals surface area contributed by atoms with E-state index in [1.54, 1.807) is 4.68 Å². The quantitative estimate of drug-likeness (QED) is 0.704. The predicted molar refractivity (Wildman–Crippen MR) is 83.5 cm³/mol. The highest BCUT2D eigenvalue weighted by molar-refractivity contribution is 6.34. The van der Waals surface area contributed by atoms with E-state index in [9.17, 15) is 5.26 Å². The third-order valence-electron chi connectivity index (χ3n) is 3.33. The van der Waals surface area contributed by atoms with Crippen LogP contribution >= 0.6 is 11.6 Å². The largest absolute Gasteiger partial charge is 0.230 e. The van der Waals surface area contributed by atoms with Gasteiger partial charge < -0.3 is 0 Å². The molecule has 3 nitrogen and oxygen atoms in total. The van der Waals surface area contributed by atoms with Crippen molar-refractivity contribution in [2.75, 3.05) is 0 Å². The second-order valence-electron chi connectivity index (χ2n) is 4.69. The summed E-state index contributed by atoms with van der Waals surface area (Å²) in [7, 11) is 0. The molecule has 1 aromatic heterocycles. The Hall–Kier alpha value is -2.57. The van der Waals surface area contributed by atoms with E-state index in [0.717, 1.165) is 22.5 Å². The molecule has 1 heterocycles. The van der Waals surface area contributed by atoms with Gasteiger partial charge in [-0.2, -0.15) is 10.4 Å². The average molecular weight is 294 g/mol. The molecular formula is C17H12ClN3. The van der Waals surface area contributed by atoms with Gasteiger partial charge in [-0.25, -0.2) is 4.68 Å². The van der Waals surface area contributed by atoms with E-state index in [1.807, 2.05) is 61.5 Å². The lowest BCUT2D eigenvalue weighted by molar-refractivity contribution is 0.879. The number of para-hydroxylation sites is 1. The highest BCUT2D eigenvalue weighted by atomic mass is 35.5. The van der Waals surface area contributed by atoms with E-state index in [4.69, 9.17) is 11.6 Å². The van der Waals surface area contributed by atoms with Crippen molar-refractivity contribution in [1.82, 2.24) is 9.78 Å². The summed E-state index contributed by atoms with van der Waals surface area (Å²) in [6.07, 6.45) is 0. The van der Waals surface area contributed by atoms with Crippen LogP contribution < -0.4 is 0 Å². The van der Waals surface area contributed by atoms with Gasteiger partial charge >= 0.3 is 0 Å². The van der Waals surface area contributed by atoms with Crippen LogP contribution in [-0.4, -0.2) is 9.78 Å². The molecule has 102 valence electrons. The number of hydrogen-bond acceptors (Lipinski definition) is 2. The van der Waals surface area contributed by atoms with Crippen molar-refractivity contribution < 1.29 is 0 Å². The Morgan fingerprint density at radius 2 is 1.71 bits per heavy atom. The van der Waals surface area contributed by atoms with Crippen LogP contribution in [-0.2, 0) is 0 Å². The molecule has 0 amide bonds. The molecule has 0 spiro atoms. The van der Waals surface area contributed by atoms with Crippen molar-refractivity contribution in [2.24, 2.45) is 0 Å². The molecule has 3 rings (SSSR count). The maximum absolute atomic E-state index is 9.21. The molecule has 0 aliphatic heterocycles. The maximum atomic E-state index is 9.21. The molecule has 0 saturated carbocycles. The standard InChI is InChI=1S/C17H12ClN3/c1-12-7-5-6-10-14(12)17-16(18)15(11-19)20-21(17)13-8-3-2-4-9-13/h2-10H,1H3. The maximum Gasteiger partial charge on any atom is 0.182 e. The van der Waals surface area contributed by atoms with Gasteiger partial charge in [0.05, 0.1) is 11.4 Å². The zero-order valence-corrected chi connectivity index (χ0v) is 12.2. The van der Waals surface area contributed by atoms with Gasteiger partial charge in [0.25, 0.3) is 0 Å². The SMILES string of the molecule is Cc1ccccc1-c1c(Cl)c(C#N)nn1-c1ccccc1. The van der Waals surface area contributed by atoms with Gasteiger partial charge in [0, 0.05) is 5.56 Å². The second-order valence-corrected chi connectivity index (χ2v) is 5.06. The van der Waals surface area contributed by atoms with Crippen molar-refractivity contribution in [3.8, 4) is 23.0 Å². The van der Waals surface area contributed by atoms with Crippen LogP contribution in [0, 0.1) is 18.3 Å². The van der Waals surface area contributed by atoms with Crippen LogP contribution in [0.5, 0.6) is 0 Å². The number of benzene rings is 2. The lowest BCUT2D eigenvalue weighted by Gasteiger charge is -2.10. The monoisotopic (exact) mass is 293 g/mol. The third-order valence-corrected chi connectivity index (χ3v) is 3.69. The van der Waals surface area contributed by atoms with E-state index < -0.39 is 0 Å². The summed E-state index contributed by atoms with van der Waals surface area (Å²) in [6.45, 7) is 2.01. The van der Waals surface area contributed by atoms with Crippen LogP contribution in [0.3, 0.4) is 0 Å². The summed E-state index contributed by atoms with van der Waals surface area (Å²) < 4.78 is 1.73. The van der Waals surface area contributed by atoms with Crippen molar-refractivity contribution in [1.29, 1.82) is 5.26 Å². The minimum absolute atomic E-state index is 0.235. The minimum Gasteiger partial charge on any atom is -0.230 e. The summed E-state index contributed by atoms with van der Waals surface area (Å²) in [5.41, 5.74) is 3.91. The topological polar surface area (TPSA) is 41.6 Å². The molecule has 0 radical (unpaired) electrons. The van der Waals surface area contributed by atoms with E-state index in [2.05, 4.69) is 11.2 Å². The lowest BCUT2D eigenvalue weighted by atomic mass is 10.1. The number of aromatic nitrogens is 2. The molecular weight excluding hydrogens is 282 g/mol. The zero-order chi connectivity index (χ0) is 14.8. The van der Waals surface area contributed by atoms with E-state index in [-0.39, 0.29) is 5.69 Å². The van der Waals surface area contributed by atoms with Crippen molar-refractivity contribution in [2.45, 2.75) is 6.92 Å². The van der Waals surface area contributed by atoms with E-state index >= 15 is 0 Å². The van der Waals surface area contributed by atoms with Crippen LogP contribution in [0.4, 0.5) is 0 Å². The Morgan fingerprint density at radius 1 is 1.05 bits per heavy atom. The molecule has 4 heteroatoms. The molecule has 0 saturated heterocycles. The first-order valence-corrected chi connectivity index (χ1v) is 6.90. The molecule has 0 unspecified atom stereocenters. The Labute approximate surface area is 128 Å². The molecule has 0 N–H and O–H groups in total. The average Bonchev–Trinajstić information content (AvgIpc) is 2.85. The highest BCUT2D eigenvalue weighted by Crippen LogP contribution is 2.34. The van der Waals surface area contributed by atoms with Crippen molar-refractivity contribution in [3.05, 3.63) is 70.9 Å². The lowest BCUT2D eigenvalue weighted by Crippen LogP contribution is -2.00. The fourth-order valence-corrected chi connectivity index (χ4v) is 2.56. The second kappa shape index (κ2) is 5.43. The number of halogens is 1. The number of rotatable bonds is 2. The summed E-state index contributed by atoms with van der Waals surface area (Å²) in [4.78, 5) is 0. The molecule has 0 atom stereocenters. The molecule has 0 bridgehead atoms. The third kappa shape index (κ3) is 2.31. The first-order chi connectivity index (χ1) is 10.2. The molecule has 2 aromatic carbocycles. The van der Waals surface area contributed by atoms with Gasteiger partial charge in [-0.1, -0.05) is 54.1 Å². The number of nitrogens with zero attached hydrogens (tertiary/aromatic N) is 3. The first kappa shape index (κ1) is 13.4. The summed E-state index contributed by atoms with van der Waals surface area (Å²) in [5.74, 6) is 0. The van der Waals surface area contributed by atoms with E-state index in [1.165, 1.54) is 0 Å². The molecule has 0 aliphatic carbocycles. The Morgan fingerprint density at radius 3 is 2.38 bits per heavy atom. The molecule has 21 heavy (non-hydrogen) atoms. The Kier molecular flexibility index (Phi) is 3.47. The van der Waals surface area contributed by atoms with Crippen LogP contribution in [0.15, 0.2) is 54.6 Å².